The lowest BCUT2D eigenvalue weighted by Gasteiger charge is -2.12. The predicted molar refractivity (Wildman–Crippen MR) is 54.9 cm³/mol. The fourth-order valence-electron chi connectivity index (χ4n) is 1.95. The molecule has 4 heteroatoms. The van der Waals surface area contributed by atoms with Gasteiger partial charge in [0.2, 0.25) is 0 Å². The van der Waals surface area contributed by atoms with E-state index in [9.17, 15) is 9.59 Å². The minimum atomic E-state index is -1.08. The van der Waals surface area contributed by atoms with Crippen LogP contribution in [-0.4, -0.2) is 17.4 Å². The second-order valence-electron chi connectivity index (χ2n) is 3.70. The summed E-state index contributed by atoms with van der Waals surface area (Å²) in [4.78, 5) is 21.9. The van der Waals surface area contributed by atoms with E-state index in [4.69, 9.17) is 16.7 Å². The Morgan fingerprint density at radius 2 is 2.20 bits per heavy atom. The summed E-state index contributed by atoms with van der Waals surface area (Å²) in [5.74, 6) is -1.43. The van der Waals surface area contributed by atoms with Gasteiger partial charge in [-0.2, -0.15) is 0 Å². The predicted octanol–water partition coefficient (Wildman–Crippen LogP) is 1.88. The van der Waals surface area contributed by atoms with Crippen molar-refractivity contribution in [2.45, 2.75) is 11.8 Å². The second-order valence-corrected chi connectivity index (χ2v) is 4.11. The lowest BCUT2D eigenvalue weighted by molar-refractivity contribution is -0.141. The number of hydrogen-bond donors (Lipinski definition) is 1. The molecule has 1 N–H and O–H groups in total. The summed E-state index contributed by atoms with van der Waals surface area (Å²) < 4.78 is 0. The van der Waals surface area contributed by atoms with E-state index in [0.29, 0.717) is 23.3 Å². The molecule has 1 aliphatic rings. The van der Waals surface area contributed by atoms with Crippen LogP contribution in [0.4, 0.5) is 0 Å². The summed E-state index contributed by atoms with van der Waals surface area (Å²) in [7, 11) is 0. The van der Waals surface area contributed by atoms with Gasteiger partial charge in [0, 0.05) is 10.9 Å². The monoisotopic (exact) mass is 224 g/mol. The number of carboxylic acids is 1. The molecule has 0 heterocycles. The maximum Gasteiger partial charge on any atom is 0.314 e. The van der Waals surface area contributed by atoms with Crippen LogP contribution in [0.15, 0.2) is 24.3 Å². The van der Waals surface area contributed by atoms with Gasteiger partial charge < -0.3 is 9.90 Å². The Balaban J connectivity index is 2.49. The smallest absolute Gasteiger partial charge is 0.314 e. The van der Waals surface area contributed by atoms with Crippen molar-refractivity contribution in [3.05, 3.63) is 34.9 Å². The summed E-state index contributed by atoms with van der Waals surface area (Å²) in [6.45, 7) is 0. The van der Waals surface area contributed by atoms with Gasteiger partial charge in [-0.15, -0.1) is 0 Å². The zero-order valence-electron chi connectivity index (χ0n) is 7.81. The quantitative estimate of drug-likeness (QED) is 0.798. The zero-order chi connectivity index (χ0) is 11.1. The third-order valence-electron chi connectivity index (χ3n) is 2.92. The van der Waals surface area contributed by atoms with Gasteiger partial charge in [0.05, 0.1) is 0 Å². The number of benzene rings is 1. The molecule has 0 amide bonds. The molecule has 2 rings (SSSR count). The number of carboxylic acid groups (broad SMARTS) is 1. The third-order valence-corrected chi connectivity index (χ3v) is 3.24. The fraction of sp³-hybridized carbons (Fsp3) is 0.273. The van der Waals surface area contributed by atoms with E-state index in [0.717, 1.165) is 0 Å². The van der Waals surface area contributed by atoms with Gasteiger partial charge in [-0.25, -0.2) is 0 Å². The highest BCUT2D eigenvalue weighted by Crippen LogP contribution is 2.55. The van der Waals surface area contributed by atoms with Crippen molar-refractivity contribution in [3.8, 4) is 0 Å². The molecular formula is C11H9ClO3. The van der Waals surface area contributed by atoms with Crippen LogP contribution in [-0.2, 0) is 15.0 Å². The average molecular weight is 225 g/mol. The minimum absolute atomic E-state index is 0.343. The number of carbonyl (C=O) groups excluding carboxylic acids is 1. The van der Waals surface area contributed by atoms with Crippen molar-refractivity contribution in [3.63, 3.8) is 0 Å². The van der Waals surface area contributed by atoms with Crippen LogP contribution in [0.5, 0.6) is 0 Å². The van der Waals surface area contributed by atoms with Crippen molar-refractivity contribution >= 4 is 23.9 Å². The van der Waals surface area contributed by atoms with Crippen molar-refractivity contribution < 1.29 is 14.7 Å². The van der Waals surface area contributed by atoms with Gasteiger partial charge in [-0.05, 0) is 18.1 Å². The summed E-state index contributed by atoms with van der Waals surface area (Å²) in [5.41, 5.74) is -0.545. The third kappa shape index (κ3) is 1.35. The lowest BCUT2D eigenvalue weighted by atomic mass is 9.93. The molecule has 78 valence electrons. The van der Waals surface area contributed by atoms with Gasteiger partial charge >= 0.3 is 5.97 Å². The molecule has 0 bridgehead atoms. The molecule has 2 atom stereocenters. The topological polar surface area (TPSA) is 54.4 Å². The molecule has 1 saturated carbocycles. The molecule has 3 nitrogen and oxygen atoms in total. The lowest BCUT2D eigenvalue weighted by Crippen LogP contribution is -2.23. The SMILES string of the molecule is O=CC1CC1(C(=O)O)c1ccccc1Cl. The van der Waals surface area contributed by atoms with Crippen LogP contribution in [0.1, 0.15) is 12.0 Å². The number of carbonyl (C=O) groups is 2. The molecule has 15 heavy (non-hydrogen) atoms. The van der Waals surface area contributed by atoms with Gasteiger partial charge in [-0.1, -0.05) is 29.8 Å². The Bertz CT molecular complexity index is 430. The highest BCUT2D eigenvalue weighted by Gasteiger charge is 2.62. The molecular weight excluding hydrogens is 216 g/mol. The van der Waals surface area contributed by atoms with E-state index >= 15 is 0 Å². The largest absolute Gasteiger partial charge is 0.481 e. The first kappa shape index (κ1) is 10.2. The van der Waals surface area contributed by atoms with E-state index in [1.54, 1.807) is 24.3 Å². The number of rotatable bonds is 3. The Labute approximate surface area is 91.7 Å². The Kier molecular flexibility index (Phi) is 2.27. The number of halogens is 1. The first-order chi connectivity index (χ1) is 7.13. The van der Waals surface area contributed by atoms with E-state index < -0.39 is 17.3 Å². The molecule has 1 aromatic rings. The first-order valence-corrected chi connectivity index (χ1v) is 4.94. The number of aldehydes is 1. The van der Waals surface area contributed by atoms with Crippen LogP contribution < -0.4 is 0 Å². The molecule has 0 saturated heterocycles. The molecule has 0 spiro atoms. The van der Waals surface area contributed by atoms with E-state index in [1.165, 1.54) is 0 Å². The van der Waals surface area contributed by atoms with Crippen LogP contribution in [0.2, 0.25) is 5.02 Å². The summed E-state index contributed by atoms with van der Waals surface area (Å²) in [5, 5.41) is 9.57. The summed E-state index contributed by atoms with van der Waals surface area (Å²) >= 11 is 5.94. The van der Waals surface area contributed by atoms with Gasteiger partial charge in [0.25, 0.3) is 0 Å². The van der Waals surface area contributed by atoms with Crippen molar-refractivity contribution in [2.24, 2.45) is 5.92 Å². The van der Waals surface area contributed by atoms with Crippen molar-refractivity contribution in [1.82, 2.24) is 0 Å². The van der Waals surface area contributed by atoms with Gasteiger partial charge in [-0.3, -0.25) is 4.79 Å². The molecule has 0 aliphatic heterocycles. The standard InChI is InChI=1S/C11H9ClO3/c12-9-4-2-1-3-8(9)11(10(14)15)5-7(11)6-13/h1-4,6-7H,5H2,(H,14,15). The second kappa shape index (κ2) is 3.35. The normalized spacial score (nSPS) is 28.5. The average Bonchev–Trinajstić information content (AvgIpc) is 2.94. The maximum atomic E-state index is 11.2. The number of hydrogen-bond acceptors (Lipinski definition) is 2. The Morgan fingerprint density at radius 1 is 1.53 bits per heavy atom. The van der Waals surface area contributed by atoms with Crippen molar-refractivity contribution in [1.29, 1.82) is 0 Å². The highest BCUT2D eigenvalue weighted by atomic mass is 35.5. The van der Waals surface area contributed by atoms with E-state index in [1.807, 2.05) is 0 Å². The highest BCUT2D eigenvalue weighted by molar-refractivity contribution is 6.32. The molecule has 1 fully saturated rings. The van der Waals surface area contributed by atoms with Crippen LogP contribution in [0.3, 0.4) is 0 Å². The number of aliphatic carboxylic acids is 1. The molecule has 2 unspecified atom stereocenters. The van der Waals surface area contributed by atoms with E-state index in [2.05, 4.69) is 0 Å². The molecule has 1 aromatic carbocycles. The van der Waals surface area contributed by atoms with Gasteiger partial charge in [0.1, 0.15) is 11.7 Å². The maximum absolute atomic E-state index is 11.2. The van der Waals surface area contributed by atoms with Crippen molar-refractivity contribution in [2.75, 3.05) is 0 Å². The van der Waals surface area contributed by atoms with Crippen LogP contribution in [0.25, 0.3) is 0 Å². The van der Waals surface area contributed by atoms with E-state index in [-0.39, 0.29) is 0 Å². The summed E-state index contributed by atoms with van der Waals surface area (Å²) in [6, 6.07) is 6.77. The fourth-order valence-corrected chi connectivity index (χ4v) is 2.25. The Morgan fingerprint density at radius 3 is 2.67 bits per heavy atom. The molecule has 1 aliphatic carbocycles. The zero-order valence-corrected chi connectivity index (χ0v) is 8.57. The molecule has 0 aromatic heterocycles. The van der Waals surface area contributed by atoms with Gasteiger partial charge in [0.15, 0.2) is 0 Å². The Hall–Kier alpha value is -1.35. The molecule has 0 radical (unpaired) electrons. The first-order valence-electron chi connectivity index (χ1n) is 4.56. The van der Waals surface area contributed by atoms with Crippen LogP contribution >= 0.6 is 11.6 Å². The summed E-state index contributed by atoms with van der Waals surface area (Å²) in [6.07, 6.45) is 1.03. The minimum Gasteiger partial charge on any atom is -0.481 e. The van der Waals surface area contributed by atoms with Crippen LogP contribution in [0, 0.1) is 5.92 Å².